The number of amides is 1. The van der Waals surface area contributed by atoms with Crippen LogP contribution in [0.2, 0.25) is 0 Å². The van der Waals surface area contributed by atoms with E-state index in [4.69, 9.17) is 4.18 Å². The maximum Gasteiger partial charge on any atom is 0.339 e. The predicted octanol–water partition coefficient (Wildman–Crippen LogP) is 5.41. The first-order valence-electron chi connectivity index (χ1n) is 9.51. The van der Waals surface area contributed by atoms with E-state index in [9.17, 15) is 17.6 Å². The van der Waals surface area contributed by atoms with Crippen molar-refractivity contribution in [1.82, 2.24) is 4.90 Å². The molecule has 162 valence electrons. The van der Waals surface area contributed by atoms with E-state index in [0.29, 0.717) is 12.1 Å². The number of hydrogen-bond acceptors (Lipinski definition) is 4. The van der Waals surface area contributed by atoms with Crippen LogP contribution in [0.5, 0.6) is 5.75 Å². The van der Waals surface area contributed by atoms with Crippen molar-refractivity contribution in [3.8, 4) is 5.75 Å². The Morgan fingerprint density at radius 2 is 1.68 bits per heavy atom. The number of carbonyl (C=O) groups is 1. The summed E-state index contributed by atoms with van der Waals surface area (Å²) in [7, 11) is -4.07. The highest BCUT2D eigenvalue weighted by atomic mass is 79.9. The zero-order chi connectivity index (χ0) is 22.6. The van der Waals surface area contributed by atoms with Crippen LogP contribution >= 0.6 is 15.9 Å². The molecule has 3 rings (SSSR count). The molecule has 0 aliphatic rings. The molecule has 0 aliphatic heterocycles. The SMILES string of the molecule is CC(C)N(Cc1ccc(OS(=O)(=O)c2ccc(F)cc2)cc1)C(=O)c1cccc(Br)c1. The number of benzene rings is 3. The molecule has 0 atom stereocenters. The van der Waals surface area contributed by atoms with E-state index in [1.807, 2.05) is 26.0 Å². The van der Waals surface area contributed by atoms with E-state index in [-0.39, 0.29) is 22.6 Å². The van der Waals surface area contributed by atoms with Crippen LogP contribution in [0.15, 0.2) is 82.2 Å². The van der Waals surface area contributed by atoms with Crippen molar-refractivity contribution in [1.29, 1.82) is 0 Å². The van der Waals surface area contributed by atoms with Gasteiger partial charge in [0, 0.05) is 22.6 Å². The second-order valence-electron chi connectivity index (χ2n) is 7.17. The zero-order valence-corrected chi connectivity index (χ0v) is 19.4. The topological polar surface area (TPSA) is 63.7 Å². The lowest BCUT2D eigenvalue weighted by molar-refractivity contribution is 0.0690. The molecule has 3 aromatic rings. The van der Waals surface area contributed by atoms with E-state index in [0.717, 1.165) is 34.3 Å². The summed E-state index contributed by atoms with van der Waals surface area (Å²) >= 11 is 3.38. The molecule has 5 nitrogen and oxygen atoms in total. The molecule has 3 aromatic carbocycles. The quantitative estimate of drug-likeness (QED) is 0.403. The summed E-state index contributed by atoms with van der Waals surface area (Å²) in [5.74, 6) is -0.506. The molecule has 0 bridgehead atoms. The van der Waals surface area contributed by atoms with Crippen molar-refractivity contribution in [2.24, 2.45) is 0 Å². The number of rotatable bonds is 7. The van der Waals surface area contributed by atoms with Gasteiger partial charge >= 0.3 is 10.1 Å². The Morgan fingerprint density at radius 3 is 2.26 bits per heavy atom. The molecule has 0 heterocycles. The smallest absolute Gasteiger partial charge is 0.339 e. The van der Waals surface area contributed by atoms with Crippen LogP contribution in [-0.2, 0) is 16.7 Å². The molecule has 0 saturated heterocycles. The first-order valence-corrected chi connectivity index (χ1v) is 11.7. The Morgan fingerprint density at radius 1 is 1.03 bits per heavy atom. The molecular weight excluding hydrogens is 485 g/mol. The van der Waals surface area contributed by atoms with Gasteiger partial charge < -0.3 is 9.08 Å². The summed E-state index contributed by atoms with van der Waals surface area (Å²) in [4.78, 5) is 14.5. The van der Waals surface area contributed by atoms with Crippen LogP contribution in [-0.4, -0.2) is 25.3 Å². The molecule has 0 unspecified atom stereocenters. The molecule has 0 saturated carbocycles. The zero-order valence-electron chi connectivity index (χ0n) is 17.0. The van der Waals surface area contributed by atoms with Crippen LogP contribution in [0.4, 0.5) is 4.39 Å². The summed E-state index contributed by atoms with van der Waals surface area (Å²) in [5.41, 5.74) is 1.40. The maximum absolute atomic E-state index is 13.0. The van der Waals surface area contributed by atoms with Crippen LogP contribution < -0.4 is 4.18 Å². The molecule has 0 spiro atoms. The number of halogens is 2. The minimum Gasteiger partial charge on any atom is -0.379 e. The fraction of sp³-hybridized carbons (Fsp3) is 0.174. The van der Waals surface area contributed by atoms with Gasteiger partial charge in [-0.05, 0) is 74.0 Å². The van der Waals surface area contributed by atoms with Gasteiger partial charge in [0.25, 0.3) is 5.91 Å². The van der Waals surface area contributed by atoms with Crippen LogP contribution in [0.3, 0.4) is 0 Å². The normalized spacial score (nSPS) is 11.4. The molecular formula is C23H21BrFNO4S. The lowest BCUT2D eigenvalue weighted by Gasteiger charge is -2.27. The standard InChI is InChI=1S/C23H21BrFNO4S/c1-16(2)26(23(27)18-4-3-5-19(24)14-18)15-17-6-10-21(11-7-17)30-31(28,29)22-12-8-20(25)9-13-22/h3-14,16H,15H2,1-2H3. The van der Waals surface area contributed by atoms with Crippen molar-refractivity contribution in [3.05, 3.63) is 94.2 Å². The largest absolute Gasteiger partial charge is 0.379 e. The maximum atomic E-state index is 13.0. The molecule has 0 radical (unpaired) electrons. The Balaban J connectivity index is 1.74. The fourth-order valence-corrected chi connectivity index (χ4v) is 4.23. The summed E-state index contributed by atoms with van der Waals surface area (Å²) in [6.07, 6.45) is 0. The van der Waals surface area contributed by atoms with Gasteiger partial charge in [-0.3, -0.25) is 4.79 Å². The minimum absolute atomic E-state index is 0.0405. The third-order valence-electron chi connectivity index (χ3n) is 4.54. The van der Waals surface area contributed by atoms with Gasteiger partial charge in [0.1, 0.15) is 16.5 Å². The fourth-order valence-electron chi connectivity index (χ4n) is 2.90. The summed E-state index contributed by atoms with van der Waals surface area (Å²) in [6.45, 7) is 4.22. The highest BCUT2D eigenvalue weighted by Crippen LogP contribution is 2.22. The lowest BCUT2D eigenvalue weighted by Crippen LogP contribution is -2.36. The van der Waals surface area contributed by atoms with Gasteiger partial charge in [-0.2, -0.15) is 8.42 Å². The Bertz CT molecular complexity index is 1160. The number of carbonyl (C=O) groups excluding carboxylic acids is 1. The van der Waals surface area contributed by atoms with E-state index in [1.54, 1.807) is 29.2 Å². The van der Waals surface area contributed by atoms with E-state index in [2.05, 4.69) is 15.9 Å². The second-order valence-corrected chi connectivity index (χ2v) is 9.63. The third kappa shape index (κ3) is 5.92. The van der Waals surface area contributed by atoms with E-state index >= 15 is 0 Å². The molecule has 0 aromatic heterocycles. The Labute approximate surface area is 189 Å². The first kappa shape index (κ1) is 23.0. The van der Waals surface area contributed by atoms with Crippen molar-refractivity contribution in [3.63, 3.8) is 0 Å². The van der Waals surface area contributed by atoms with Gasteiger partial charge in [-0.25, -0.2) is 4.39 Å². The number of nitrogens with zero attached hydrogens (tertiary/aromatic N) is 1. The van der Waals surface area contributed by atoms with Crippen molar-refractivity contribution in [2.75, 3.05) is 0 Å². The van der Waals surface area contributed by atoms with Crippen LogP contribution in [0, 0.1) is 5.82 Å². The van der Waals surface area contributed by atoms with E-state index in [1.165, 1.54) is 12.1 Å². The summed E-state index contributed by atoms with van der Waals surface area (Å²) in [6, 6.07) is 18.0. The average Bonchev–Trinajstić information content (AvgIpc) is 2.72. The number of hydrogen-bond donors (Lipinski definition) is 0. The molecule has 0 aliphatic carbocycles. The summed E-state index contributed by atoms with van der Waals surface area (Å²) < 4.78 is 43.7. The minimum atomic E-state index is -4.07. The van der Waals surface area contributed by atoms with Crippen molar-refractivity contribution < 1.29 is 21.8 Å². The third-order valence-corrected chi connectivity index (χ3v) is 6.29. The lowest BCUT2D eigenvalue weighted by atomic mass is 10.1. The summed E-state index contributed by atoms with van der Waals surface area (Å²) in [5, 5.41) is 0. The van der Waals surface area contributed by atoms with Crippen molar-refractivity contribution >= 4 is 32.0 Å². The molecule has 1 amide bonds. The van der Waals surface area contributed by atoms with Crippen molar-refractivity contribution in [2.45, 2.75) is 31.3 Å². The monoisotopic (exact) mass is 505 g/mol. The molecule has 8 heteroatoms. The molecule has 0 fully saturated rings. The van der Waals surface area contributed by atoms with Crippen LogP contribution in [0.1, 0.15) is 29.8 Å². The van der Waals surface area contributed by atoms with Gasteiger partial charge in [-0.1, -0.05) is 34.1 Å². The Kier molecular flexibility index (Phi) is 7.12. The first-order chi connectivity index (χ1) is 14.7. The predicted molar refractivity (Wildman–Crippen MR) is 120 cm³/mol. The van der Waals surface area contributed by atoms with Gasteiger partial charge in [-0.15, -0.1) is 0 Å². The Hall–Kier alpha value is -2.71. The van der Waals surface area contributed by atoms with Gasteiger partial charge in [0.05, 0.1) is 0 Å². The molecule has 0 N–H and O–H groups in total. The average molecular weight is 506 g/mol. The van der Waals surface area contributed by atoms with Crippen LogP contribution in [0.25, 0.3) is 0 Å². The highest BCUT2D eigenvalue weighted by Gasteiger charge is 2.20. The highest BCUT2D eigenvalue weighted by molar-refractivity contribution is 9.10. The second kappa shape index (κ2) is 9.62. The van der Waals surface area contributed by atoms with E-state index < -0.39 is 15.9 Å². The van der Waals surface area contributed by atoms with Gasteiger partial charge in [0.2, 0.25) is 0 Å². The molecule has 31 heavy (non-hydrogen) atoms. The van der Waals surface area contributed by atoms with Gasteiger partial charge in [0.15, 0.2) is 0 Å².